The van der Waals surface area contributed by atoms with Crippen molar-refractivity contribution >= 4 is 45.7 Å². The SMILES string of the molecule is COC(=O)[C@@H](C)Oc1c(C=Nn2c(-c3cc4c(OC)cccc4o3)nc3ccccc3c2=O)cc(Cl)cc1OC. The van der Waals surface area contributed by atoms with E-state index in [2.05, 4.69) is 5.10 Å². The second-order valence-corrected chi connectivity index (χ2v) is 9.04. The molecule has 2 aromatic heterocycles. The van der Waals surface area contributed by atoms with Crippen LogP contribution in [0.25, 0.3) is 33.5 Å². The predicted molar refractivity (Wildman–Crippen MR) is 151 cm³/mol. The number of rotatable bonds is 8. The Hall–Kier alpha value is -4.83. The smallest absolute Gasteiger partial charge is 0.346 e. The van der Waals surface area contributed by atoms with E-state index in [1.807, 2.05) is 6.07 Å². The number of nitrogens with zero attached hydrogens (tertiary/aromatic N) is 3. The standard InChI is InChI=1S/C29H24ClN3O7/c1-16(29(35)38-4)39-26-17(12-18(30)13-24(26)37-3)15-31-33-27(32-21-9-6-5-8-19(21)28(33)34)25-14-20-22(36-2)10-7-11-23(20)40-25/h5-16H,1-4H3/t16-/m1/s1. The van der Waals surface area contributed by atoms with E-state index in [-0.39, 0.29) is 17.3 Å². The summed E-state index contributed by atoms with van der Waals surface area (Å²) in [5, 5.41) is 5.87. The molecule has 0 amide bonds. The second-order valence-electron chi connectivity index (χ2n) is 8.61. The fourth-order valence-electron chi connectivity index (χ4n) is 4.19. The number of hydrogen-bond donors (Lipinski definition) is 0. The summed E-state index contributed by atoms with van der Waals surface area (Å²) in [4.78, 5) is 30.4. The predicted octanol–water partition coefficient (Wildman–Crippen LogP) is 5.30. The number of aromatic nitrogens is 2. The first-order valence-corrected chi connectivity index (χ1v) is 12.5. The molecule has 1 atom stereocenters. The maximum absolute atomic E-state index is 13.7. The highest BCUT2D eigenvalue weighted by Gasteiger charge is 2.21. The number of furan rings is 1. The molecule has 0 radical (unpaired) electrons. The Kier molecular flexibility index (Phi) is 7.43. The molecule has 5 aromatic rings. The fourth-order valence-corrected chi connectivity index (χ4v) is 4.40. The van der Waals surface area contributed by atoms with Gasteiger partial charge < -0.3 is 23.4 Å². The molecule has 204 valence electrons. The molecule has 0 bridgehead atoms. The normalized spacial score (nSPS) is 12.1. The average Bonchev–Trinajstić information content (AvgIpc) is 3.41. The molecule has 0 aliphatic heterocycles. The van der Waals surface area contributed by atoms with Gasteiger partial charge in [-0.2, -0.15) is 9.78 Å². The van der Waals surface area contributed by atoms with Gasteiger partial charge in [-0.25, -0.2) is 9.78 Å². The summed E-state index contributed by atoms with van der Waals surface area (Å²) in [6.45, 7) is 1.53. The van der Waals surface area contributed by atoms with E-state index in [1.165, 1.54) is 33.4 Å². The van der Waals surface area contributed by atoms with Gasteiger partial charge in [0.05, 0.1) is 43.8 Å². The van der Waals surface area contributed by atoms with E-state index in [0.29, 0.717) is 44.0 Å². The van der Waals surface area contributed by atoms with Crippen LogP contribution in [0.5, 0.6) is 17.2 Å². The second kappa shape index (κ2) is 11.1. The summed E-state index contributed by atoms with van der Waals surface area (Å²) in [5.74, 6) is 0.941. The van der Waals surface area contributed by atoms with Crippen molar-refractivity contribution in [2.24, 2.45) is 5.10 Å². The molecule has 0 aliphatic rings. The lowest BCUT2D eigenvalue weighted by Crippen LogP contribution is -2.25. The number of carbonyl (C=O) groups excluding carboxylic acids is 1. The summed E-state index contributed by atoms with van der Waals surface area (Å²) in [5.41, 5.74) is 0.946. The Morgan fingerprint density at radius 2 is 1.80 bits per heavy atom. The average molecular weight is 562 g/mol. The van der Waals surface area contributed by atoms with Crippen LogP contribution in [0.1, 0.15) is 12.5 Å². The number of methoxy groups -OCH3 is 3. The van der Waals surface area contributed by atoms with E-state index in [9.17, 15) is 9.59 Å². The lowest BCUT2D eigenvalue weighted by molar-refractivity contribution is -0.147. The van der Waals surface area contributed by atoms with E-state index in [4.69, 9.17) is 39.9 Å². The molecule has 0 fully saturated rings. The summed E-state index contributed by atoms with van der Waals surface area (Å²) in [7, 11) is 4.27. The minimum Gasteiger partial charge on any atom is -0.496 e. The molecule has 2 heterocycles. The van der Waals surface area contributed by atoms with Crippen molar-refractivity contribution in [3.8, 4) is 28.8 Å². The number of ether oxygens (including phenoxy) is 4. The molecule has 0 N–H and O–H groups in total. The number of benzene rings is 3. The highest BCUT2D eigenvalue weighted by molar-refractivity contribution is 6.31. The van der Waals surface area contributed by atoms with Crippen LogP contribution in [-0.4, -0.2) is 49.3 Å². The molecule has 0 saturated carbocycles. The maximum Gasteiger partial charge on any atom is 0.346 e. The first-order valence-electron chi connectivity index (χ1n) is 12.1. The zero-order valence-corrected chi connectivity index (χ0v) is 22.8. The van der Waals surface area contributed by atoms with Gasteiger partial charge in [0.1, 0.15) is 11.3 Å². The van der Waals surface area contributed by atoms with Crippen molar-refractivity contribution in [2.75, 3.05) is 21.3 Å². The van der Waals surface area contributed by atoms with Gasteiger partial charge in [-0.05, 0) is 43.3 Å². The van der Waals surface area contributed by atoms with Crippen molar-refractivity contribution in [3.63, 3.8) is 0 Å². The molecule has 40 heavy (non-hydrogen) atoms. The van der Waals surface area contributed by atoms with E-state index in [0.717, 1.165) is 4.68 Å². The number of halogens is 1. The number of hydrogen-bond acceptors (Lipinski definition) is 9. The number of esters is 1. The number of carbonyl (C=O) groups is 1. The van der Waals surface area contributed by atoms with Crippen molar-refractivity contribution in [2.45, 2.75) is 13.0 Å². The third-order valence-corrected chi connectivity index (χ3v) is 6.34. The highest BCUT2D eigenvalue weighted by Crippen LogP contribution is 2.35. The number of para-hydroxylation sites is 1. The van der Waals surface area contributed by atoms with Crippen LogP contribution in [0.2, 0.25) is 5.02 Å². The van der Waals surface area contributed by atoms with Crippen LogP contribution in [0.15, 0.2) is 75.0 Å². The van der Waals surface area contributed by atoms with Crippen LogP contribution in [-0.2, 0) is 9.53 Å². The highest BCUT2D eigenvalue weighted by atomic mass is 35.5. The maximum atomic E-state index is 13.7. The van der Waals surface area contributed by atoms with Gasteiger partial charge in [-0.1, -0.05) is 29.8 Å². The van der Waals surface area contributed by atoms with Crippen LogP contribution in [0.3, 0.4) is 0 Å². The third-order valence-electron chi connectivity index (χ3n) is 6.12. The Morgan fingerprint density at radius 3 is 2.55 bits per heavy atom. The van der Waals surface area contributed by atoms with Gasteiger partial charge >= 0.3 is 5.97 Å². The molecular weight excluding hydrogens is 538 g/mol. The van der Waals surface area contributed by atoms with Crippen molar-refractivity contribution in [1.82, 2.24) is 9.66 Å². The first-order chi connectivity index (χ1) is 19.3. The lowest BCUT2D eigenvalue weighted by atomic mass is 10.2. The minimum atomic E-state index is -0.960. The van der Waals surface area contributed by atoms with Crippen molar-refractivity contribution < 1.29 is 28.2 Å². The van der Waals surface area contributed by atoms with Crippen LogP contribution < -0.4 is 19.8 Å². The van der Waals surface area contributed by atoms with Gasteiger partial charge in [0.2, 0.25) is 5.82 Å². The van der Waals surface area contributed by atoms with Gasteiger partial charge in [0.25, 0.3) is 5.56 Å². The summed E-state index contributed by atoms with van der Waals surface area (Å²) >= 11 is 6.32. The quantitative estimate of drug-likeness (QED) is 0.185. The Balaban J connectivity index is 1.70. The fraction of sp³-hybridized carbons (Fsp3) is 0.172. The summed E-state index contributed by atoms with van der Waals surface area (Å²) in [6.07, 6.45) is 0.413. The van der Waals surface area contributed by atoms with Gasteiger partial charge in [-0.3, -0.25) is 4.79 Å². The van der Waals surface area contributed by atoms with Crippen LogP contribution >= 0.6 is 11.6 Å². The largest absolute Gasteiger partial charge is 0.496 e. The molecule has 0 spiro atoms. The monoisotopic (exact) mass is 561 g/mol. The zero-order valence-electron chi connectivity index (χ0n) is 22.0. The van der Waals surface area contributed by atoms with Crippen LogP contribution in [0, 0.1) is 0 Å². The molecule has 0 aliphatic carbocycles. The topological polar surface area (TPSA) is 114 Å². The Labute approximate surface area is 233 Å². The Bertz CT molecular complexity index is 1830. The Morgan fingerprint density at radius 1 is 1.02 bits per heavy atom. The summed E-state index contributed by atoms with van der Waals surface area (Å²) < 4.78 is 28.7. The molecule has 0 unspecified atom stereocenters. The number of fused-ring (bicyclic) bond motifs is 2. The molecule has 0 saturated heterocycles. The van der Waals surface area contributed by atoms with Gasteiger partial charge in [0.15, 0.2) is 23.4 Å². The van der Waals surface area contributed by atoms with E-state index in [1.54, 1.807) is 55.6 Å². The lowest BCUT2D eigenvalue weighted by Gasteiger charge is -2.17. The van der Waals surface area contributed by atoms with Gasteiger partial charge in [-0.15, -0.1) is 0 Å². The summed E-state index contributed by atoms with van der Waals surface area (Å²) in [6, 6.07) is 17.2. The molecule has 11 heteroatoms. The van der Waals surface area contributed by atoms with Crippen molar-refractivity contribution in [3.05, 3.63) is 81.6 Å². The molecule has 3 aromatic carbocycles. The molecule has 5 rings (SSSR count). The van der Waals surface area contributed by atoms with E-state index < -0.39 is 17.6 Å². The molecular formula is C29H24ClN3O7. The van der Waals surface area contributed by atoms with E-state index >= 15 is 0 Å². The van der Waals surface area contributed by atoms with Crippen molar-refractivity contribution in [1.29, 1.82) is 0 Å². The van der Waals surface area contributed by atoms with Crippen LogP contribution in [0.4, 0.5) is 0 Å². The zero-order chi connectivity index (χ0) is 28.4. The third kappa shape index (κ3) is 4.96. The minimum absolute atomic E-state index is 0.164. The van der Waals surface area contributed by atoms with Gasteiger partial charge in [0, 0.05) is 16.7 Å². The molecule has 10 nitrogen and oxygen atoms in total. The first kappa shape index (κ1) is 26.8.